The molecule has 0 aliphatic carbocycles. The molecule has 1 aliphatic heterocycles. The summed E-state index contributed by atoms with van der Waals surface area (Å²) in [5.41, 5.74) is 1.39. The largest absolute Gasteiger partial charge is 0.497 e. The molecule has 1 unspecified atom stereocenters. The molecule has 10 heteroatoms. The van der Waals surface area contributed by atoms with E-state index in [0.717, 1.165) is 30.7 Å². The van der Waals surface area contributed by atoms with Crippen molar-refractivity contribution in [3.05, 3.63) is 42.6 Å². The number of pyridine rings is 1. The van der Waals surface area contributed by atoms with Crippen LogP contribution in [0.5, 0.6) is 5.75 Å². The minimum Gasteiger partial charge on any atom is -0.497 e. The molecule has 0 bridgehead atoms. The molecular weight excluding hydrogens is 412 g/mol. The van der Waals surface area contributed by atoms with Crippen LogP contribution in [0.4, 0.5) is 17.5 Å². The summed E-state index contributed by atoms with van der Waals surface area (Å²) in [6.07, 6.45) is 3.11. The highest BCUT2D eigenvalue weighted by atomic mass is 16.5. The topological polar surface area (TPSA) is 122 Å². The highest BCUT2D eigenvalue weighted by Crippen LogP contribution is 2.26. The van der Waals surface area contributed by atoms with Crippen molar-refractivity contribution in [2.24, 2.45) is 5.92 Å². The van der Waals surface area contributed by atoms with Gasteiger partial charge < -0.3 is 24.8 Å². The number of methoxy groups -OCH3 is 1. The van der Waals surface area contributed by atoms with Gasteiger partial charge in [0.1, 0.15) is 11.6 Å². The van der Waals surface area contributed by atoms with Crippen LogP contribution in [0.1, 0.15) is 19.8 Å². The van der Waals surface area contributed by atoms with Gasteiger partial charge in [-0.2, -0.15) is 4.98 Å². The van der Waals surface area contributed by atoms with Crippen LogP contribution in [0, 0.1) is 5.92 Å². The number of rotatable bonds is 6. The van der Waals surface area contributed by atoms with E-state index in [-0.39, 0.29) is 17.7 Å². The Morgan fingerprint density at radius 1 is 1.16 bits per heavy atom. The first-order valence-electron chi connectivity index (χ1n) is 10.3. The van der Waals surface area contributed by atoms with Gasteiger partial charge in [-0.3, -0.25) is 9.59 Å². The molecule has 4 rings (SSSR count). The minimum atomic E-state index is -0.227. The quantitative estimate of drug-likeness (QED) is 0.605. The number of benzene rings is 1. The summed E-state index contributed by atoms with van der Waals surface area (Å²) in [5.74, 6) is 1.15. The number of hydrogen-bond donors (Lipinski definition) is 2. The number of carbonyl (C=O) groups excluding carboxylic acids is 2. The average molecular weight is 436 g/mol. The second kappa shape index (κ2) is 9.46. The summed E-state index contributed by atoms with van der Waals surface area (Å²) in [6, 6.07) is 11.2. The van der Waals surface area contributed by atoms with Gasteiger partial charge >= 0.3 is 6.01 Å². The Kier molecular flexibility index (Phi) is 6.29. The van der Waals surface area contributed by atoms with Crippen molar-refractivity contribution in [2.45, 2.75) is 19.8 Å². The zero-order valence-corrected chi connectivity index (χ0v) is 17.9. The Morgan fingerprint density at radius 3 is 2.66 bits per heavy atom. The van der Waals surface area contributed by atoms with E-state index in [0.29, 0.717) is 29.9 Å². The number of carbonyl (C=O) groups is 2. The number of anilines is 3. The van der Waals surface area contributed by atoms with E-state index >= 15 is 0 Å². The molecule has 3 aromatic rings. The smallest absolute Gasteiger partial charge is 0.324 e. The first kappa shape index (κ1) is 21.3. The van der Waals surface area contributed by atoms with E-state index in [1.54, 1.807) is 19.2 Å². The molecule has 1 atom stereocenters. The zero-order chi connectivity index (χ0) is 22.5. The standard InChI is InChI=1S/C22H24N6O4/c1-14(29)24-19-10-7-17(12-23-19)25-21(30)16-4-3-11-28(13-16)22-26-20(27-32-22)15-5-8-18(31-2)9-6-15/h5-10,12,16H,3-4,11,13H2,1-2H3,(H,25,30)(H,23,24,29). The van der Waals surface area contributed by atoms with Gasteiger partial charge in [0.2, 0.25) is 17.6 Å². The molecule has 10 nitrogen and oxygen atoms in total. The van der Waals surface area contributed by atoms with E-state index < -0.39 is 0 Å². The van der Waals surface area contributed by atoms with Crippen molar-refractivity contribution in [3.63, 3.8) is 0 Å². The van der Waals surface area contributed by atoms with E-state index in [4.69, 9.17) is 9.26 Å². The van der Waals surface area contributed by atoms with Crippen LogP contribution in [0.15, 0.2) is 47.1 Å². The van der Waals surface area contributed by atoms with E-state index in [1.807, 2.05) is 29.2 Å². The molecule has 1 fully saturated rings. The molecule has 32 heavy (non-hydrogen) atoms. The van der Waals surface area contributed by atoms with Gasteiger partial charge in [0, 0.05) is 25.6 Å². The summed E-state index contributed by atoms with van der Waals surface area (Å²) in [6.45, 7) is 2.63. The first-order valence-corrected chi connectivity index (χ1v) is 10.3. The highest BCUT2D eigenvalue weighted by Gasteiger charge is 2.29. The number of hydrogen-bond acceptors (Lipinski definition) is 8. The third-order valence-corrected chi connectivity index (χ3v) is 5.16. The summed E-state index contributed by atoms with van der Waals surface area (Å²) < 4.78 is 10.6. The highest BCUT2D eigenvalue weighted by molar-refractivity contribution is 5.93. The molecule has 166 valence electrons. The van der Waals surface area contributed by atoms with Gasteiger partial charge in [-0.15, -0.1) is 0 Å². The van der Waals surface area contributed by atoms with Crippen molar-refractivity contribution in [2.75, 3.05) is 35.7 Å². The summed E-state index contributed by atoms with van der Waals surface area (Å²) in [7, 11) is 1.61. The minimum absolute atomic E-state index is 0.0985. The van der Waals surface area contributed by atoms with Gasteiger partial charge in [-0.1, -0.05) is 5.16 Å². The number of nitrogens with one attached hydrogen (secondary N) is 2. The third kappa shape index (κ3) is 5.02. The second-order valence-corrected chi connectivity index (χ2v) is 7.52. The zero-order valence-electron chi connectivity index (χ0n) is 17.9. The van der Waals surface area contributed by atoms with E-state index in [9.17, 15) is 9.59 Å². The van der Waals surface area contributed by atoms with Gasteiger partial charge in [0.25, 0.3) is 0 Å². The maximum atomic E-state index is 12.8. The third-order valence-electron chi connectivity index (χ3n) is 5.16. The van der Waals surface area contributed by atoms with E-state index in [2.05, 4.69) is 25.8 Å². The number of amides is 2. The van der Waals surface area contributed by atoms with Crippen LogP contribution >= 0.6 is 0 Å². The fraction of sp³-hybridized carbons (Fsp3) is 0.318. The molecule has 3 heterocycles. The Morgan fingerprint density at radius 2 is 1.97 bits per heavy atom. The fourth-order valence-electron chi connectivity index (χ4n) is 3.53. The molecule has 2 amide bonds. The van der Waals surface area contributed by atoms with E-state index in [1.165, 1.54) is 13.1 Å². The van der Waals surface area contributed by atoms with Crippen molar-refractivity contribution < 1.29 is 18.8 Å². The van der Waals surface area contributed by atoms with Crippen molar-refractivity contribution in [1.29, 1.82) is 0 Å². The number of ether oxygens (including phenoxy) is 1. The second-order valence-electron chi connectivity index (χ2n) is 7.52. The Bertz CT molecular complexity index is 1080. The lowest BCUT2D eigenvalue weighted by atomic mass is 9.97. The number of nitrogens with zero attached hydrogens (tertiary/aromatic N) is 4. The Labute approximate surface area is 185 Å². The van der Waals surface area contributed by atoms with Crippen molar-refractivity contribution in [1.82, 2.24) is 15.1 Å². The lowest BCUT2D eigenvalue weighted by Gasteiger charge is -2.30. The fourth-order valence-corrected chi connectivity index (χ4v) is 3.53. The van der Waals surface area contributed by atoms with Crippen LogP contribution in [0.25, 0.3) is 11.4 Å². The molecule has 2 N–H and O–H groups in total. The molecule has 1 saturated heterocycles. The van der Waals surface area contributed by atoms with Gasteiger partial charge in [-0.25, -0.2) is 4.98 Å². The normalized spacial score (nSPS) is 15.8. The number of piperidine rings is 1. The van der Waals surface area contributed by atoms with Crippen molar-refractivity contribution >= 4 is 29.3 Å². The van der Waals surface area contributed by atoms with Gasteiger partial charge in [0.05, 0.1) is 24.9 Å². The van der Waals surface area contributed by atoms with Gasteiger partial charge in [0.15, 0.2) is 0 Å². The SMILES string of the molecule is COc1ccc(-c2noc(N3CCCC(C(=O)Nc4ccc(NC(C)=O)nc4)C3)n2)cc1. The maximum Gasteiger partial charge on any atom is 0.324 e. The predicted molar refractivity (Wildman–Crippen MR) is 118 cm³/mol. The van der Waals surface area contributed by atoms with Crippen molar-refractivity contribution in [3.8, 4) is 17.1 Å². The number of aromatic nitrogens is 3. The monoisotopic (exact) mass is 436 g/mol. The van der Waals surface area contributed by atoms with Crippen LogP contribution in [0.3, 0.4) is 0 Å². The molecule has 1 aliphatic rings. The summed E-state index contributed by atoms with van der Waals surface area (Å²) >= 11 is 0. The predicted octanol–water partition coefficient (Wildman–Crippen LogP) is 2.95. The molecule has 0 saturated carbocycles. The molecule has 2 aromatic heterocycles. The molecule has 1 aromatic carbocycles. The lowest BCUT2D eigenvalue weighted by molar-refractivity contribution is -0.120. The lowest BCUT2D eigenvalue weighted by Crippen LogP contribution is -2.41. The van der Waals surface area contributed by atoms with Crippen LogP contribution < -0.4 is 20.3 Å². The first-order chi connectivity index (χ1) is 15.5. The Hall–Kier alpha value is -3.95. The van der Waals surface area contributed by atoms with Gasteiger partial charge in [-0.05, 0) is 49.2 Å². The summed E-state index contributed by atoms with van der Waals surface area (Å²) in [5, 5.41) is 9.56. The Balaban J connectivity index is 1.38. The molecular formula is C22H24N6O4. The maximum absolute atomic E-state index is 12.8. The molecule has 0 radical (unpaired) electrons. The average Bonchev–Trinajstić information content (AvgIpc) is 3.30. The van der Waals surface area contributed by atoms with Crippen LogP contribution in [-0.2, 0) is 9.59 Å². The summed E-state index contributed by atoms with van der Waals surface area (Å²) in [4.78, 5) is 34.4. The van der Waals surface area contributed by atoms with Crippen LogP contribution in [0.2, 0.25) is 0 Å². The van der Waals surface area contributed by atoms with Crippen LogP contribution in [-0.4, -0.2) is 47.1 Å². The molecule has 0 spiro atoms.